The summed E-state index contributed by atoms with van der Waals surface area (Å²) >= 11 is 0. The van der Waals surface area contributed by atoms with Crippen molar-refractivity contribution in [3.05, 3.63) is 18.2 Å². The summed E-state index contributed by atoms with van der Waals surface area (Å²) in [5.41, 5.74) is 5.85. The van der Waals surface area contributed by atoms with E-state index in [0.717, 1.165) is 0 Å². The van der Waals surface area contributed by atoms with E-state index in [-0.39, 0.29) is 30.3 Å². The van der Waals surface area contributed by atoms with Gasteiger partial charge in [-0.3, -0.25) is 0 Å². The van der Waals surface area contributed by atoms with Crippen LogP contribution in [-0.4, -0.2) is 44.6 Å². The molecule has 1 aromatic rings. The minimum Gasteiger partial charge on any atom is -0.497 e. The van der Waals surface area contributed by atoms with Gasteiger partial charge >= 0.3 is 0 Å². The van der Waals surface area contributed by atoms with Crippen LogP contribution in [0, 0.1) is 0 Å². The summed E-state index contributed by atoms with van der Waals surface area (Å²) in [6, 6.07) is 4.40. The largest absolute Gasteiger partial charge is 0.497 e. The van der Waals surface area contributed by atoms with Gasteiger partial charge in [-0.2, -0.15) is 4.31 Å². The molecule has 0 saturated carbocycles. The van der Waals surface area contributed by atoms with Crippen molar-refractivity contribution in [2.24, 2.45) is 0 Å². The van der Waals surface area contributed by atoms with Gasteiger partial charge in [0.05, 0.1) is 19.4 Å². The Balaban J connectivity index is 3.19. The molecule has 0 saturated heterocycles. The molecule has 0 radical (unpaired) electrons. The second-order valence-corrected chi connectivity index (χ2v) is 5.53. The molecule has 102 valence electrons. The maximum atomic E-state index is 12.3. The van der Waals surface area contributed by atoms with E-state index >= 15 is 0 Å². The number of aliphatic hydroxyl groups excluding tert-OH is 1. The molecule has 0 unspecified atom stereocenters. The van der Waals surface area contributed by atoms with Crippen molar-refractivity contribution in [1.29, 1.82) is 0 Å². The lowest BCUT2D eigenvalue weighted by molar-refractivity contribution is 0.257. The van der Waals surface area contributed by atoms with Crippen LogP contribution in [0.2, 0.25) is 0 Å². The number of sulfonamides is 1. The van der Waals surface area contributed by atoms with E-state index in [1.165, 1.54) is 29.6 Å². The summed E-state index contributed by atoms with van der Waals surface area (Å²) in [7, 11) is -2.20. The summed E-state index contributed by atoms with van der Waals surface area (Å²) in [5.74, 6) is 0.497. The van der Waals surface area contributed by atoms with E-state index in [2.05, 4.69) is 0 Å². The molecule has 6 nitrogen and oxygen atoms in total. The Bertz CT molecular complexity index is 502. The molecular formula is C11H18N2O4S. The average molecular weight is 274 g/mol. The number of nitrogens with two attached hydrogens (primary N) is 1. The number of nitrogens with zero attached hydrogens (tertiary/aromatic N) is 1. The smallest absolute Gasteiger partial charge is 0.245 e. The molecule has 0 bridgehead atoms. The highest BCUT2D eigenvalue weighted by atomic mass is 32.2. The molecule has 0 heterocycles. The van der Waals surface area contributed by atoms with Gasteiger partial charge in [-0.1, -0.05) is 6.92 Å². The van der Waals surface area contributed by atoms with E-state index in [1.807, 2.05) is 0 Å². The number of anilines is 1. The van der Waals surface area contributed by atoms with Crippen LogP contribution in [0.25, 0.3) is 0 Å². The van der Waals surface area contributed by atoms with Gasteiger partial charge in [0.25, 0.3) is 0 Å². The third-order valence-electron chi connectivity index (χ3n) is 2.54. The summed E-state index contributed by atoms with van der Waals surface area (Å²) in [5, 5.41) is 8.87. The zero-order valence-corrected chi connectivity index (χ0v) is 11.3. The summed E-state index contributed by atoms with van der Waals surface area (Å²) < 4.78 is 30.7. The van der Waals surface area contributed by atoms with Gasteiger partial charge in [-0.05, 0) is 12.1 Å². The van der Waals surface area contributed by atoms with Crippen molar-refractivity contribution in [3.63, 3.8) is 0 Å². The molecule has 1 aromatic carbocycles. The molecular weight excluding hydrogens is 256 g/mol. The molecule has 0 aliphatic rings. The SMILES string of the molecule is CCN(CCO)S(=O)(=O)c1ccc(OC)cc1N. The van der Waals surface area contributed by atoms with E-state index in [0.29, 0.717) is 5.75 Å². The van der Waals surface area contributed by atoms with Crippen LogP contribution >= 0.6 is 0 Å². The summed E-state index contributed by atoms with van der Waals surface area (Å²) in [6.07, 6.45) is 0. The Hall–Kier alpha value is -1.31. The predicted octanol–water partition coefficient (Wildman–Crippen LogP) is 0.280. The number of aliphatic hydroxyl groups is 1. The monoisotopic (exact) mass is 274 g/mol. The minimum atomic E-state index is -3.68. The number of methoxy groups -OCH3 is 1. The van der Waals surface area contributed by atoms with Gasteiger partial charge in [0, 0.05) is 19.2 Å². The second kappa shape index (κ2) is 6.03. The maximum absolute atomic E-state index is 12.3. The zero-order chi connectivity index (χ0) is 13.8. The van der Waals surface area contributed by atoms with Crippen molar-refractivity contribution in [3.8, 4) is 5.75 Å². The molecule has 0 atom stereocenters. The molecule has 0 amide bonds. The molecule has 18 heavy (non-hydrogen) atoms. The Morgan fingerprint density at radius 2 is 2.11 bits per heavy atom. The number of rotatable bonds is 6. The number of likely N-dealkylation sites (N-methyl/N-ethyl adjacent to an activating group) is 1. The quantitative estimate of drug-likeness (QED) is 0.727. The second-order valence-electron chi connectivity index (χ2n) is 3.62. The van der Waals surface area contributed by atoms with Crippen LogP contribution in [0.1, 0.15) is 6.92 Å². The van der Waals surface area contributed by atoms with Gasteiger partial charge in [-0.25, -0.2) is 8.42 Å². The Labute approximate surface area is 107 Å². The van der Waals surface area contributed by atoms with Crippen LogP contribution < -0.4 is 10.5 Å². The fourth-order valence-electron chi connectivity index (χ4n) is 1.59. The molecule has 0 spiro atoms. The van der Waals surface area contributed by atoms with Gasteiger partial charge in [0.15, 0.2) is 0 Å². The molecule has 0 aliphatic carbocycles. The van der Waals surface area contributed by atoms with Crippen molar-refractivity contribution < 1.29 is 18.3 Å². The number of hydrogen-bond donors (Lipinski definition) is 2. The summed E-state index contributed by atoms with van der Waals surface area (Å²) in [6.45, 7) is 1.79. The topological polar surface area (TPSA) is 92.9 Å². The minimum absolute atomic E-state index is 0.0265. The van der Waals surface area contributed by atoms with E-state index in [4.69, 9.17) is 15.6 Å². The van der Waals surface area contributed by atoms with E-state index in [1.54, 1.807) is 6.92 Å². The lowest BCUT2D eigenvalue weighted by atomic mass is 10.3. The first-order valence-electron chi connectivity index (χ1n) is 5.51. The predicted molar refractivity (Wildman–Crippen MR) is 68.9 cm³/mol. The molecule has 7 heteroatoms. The van der Waals surface area contributed by atoms with Crippen molar-refractivity contribution in [1.82, 2.24) is 4.31 Å². The first kappa shape index (κ1) is 14.7. The number of ether oxygens (including phenoxy) is 1. The number of benzene rings is 1. The average Bonchev–Trinajstić information content (AvgIpc) is 2.35. The van der Waals surface area contributed by atoms with Crippen LogP contribution in [-0.2, 0) is 10.0 Å². The lowest BCUT2D eigenvalue weighted by Gasteiger charge is -2.20. The highest BCUT2D eigenvalue weighted by Gasteiger charge is 2.24. The van der Waals surface area contributed by atoms with Gasteiger partial charge < -0.3 is 15.6 Å². The third-order valence-corrected chi connectivity index (χ3v) is 4.59. The van der Waals surface area contributed by atoms with Crippen LogP contribution in [0.15, 0.2) is 23.1 Å². The van der Waals surface area contributed by atoms with Crippen LogP contribution in [0.4, 0.5) is 5.69 Å². The van der Waals surface area contributed by atoms with Crippen LogP contribution in [0.5, 0.6) is 5.75 Å². The first-order chi connectivity index (χ1) is 8.47. The van der Waals surface area contributed by atoms with E-state index < -0.39 is 10.0 Å². The van der Waals surface area contributed by atoms with E-state index in [9.17, 15) is 8.42 Å². The Kier molecular flexibility index (Phi) is 4.94. The maximum Gasteiger partial charge on any atom is 0.245 e. The van der Waals surface area contributed by atoms with Crippen molar-refractivity contribution >= 4 is 15.7 Å². The van der Waals surface area contributed by atoms with Crippen LogP contribution in [0.3, 0.4) is 0 Å². The third kappa shape index (κ3) is 2.92. The fourth-order valence-corrected chi connectivity index (χ4v) is 3.12. The van der Waals surface area contributed by atoms with Gasteiger partial charge in [-0.15, -0.1) is 0 Å². The van der Waals surface area contributed by atoms with Crippen molar-refractivity contribution in [2.45, 2.75) is 11.8 Å². The first-order valence-corrected chi connectivity index (χ1v) is 6.95. The Morgan fingerprint density at radius 3 is 2.56 bits per heavy atom. The number of nitrogen functional groups attached to an aromatic ring is 1. The molecule has 0 aliphatic heterocycles. The zero-order valence-electron chi connectivity index (χ0n) is 10.5. The molecule has 3 N–H and O–H groups in total. The normalized spacial score (nSPS) is 11.8. The molecule has 0 fully saturated rings. The number of hydrogen-bond acceptors (Lipinski definition) is 5. The lowest BCUT2D eigenvalue weighted by Crippen LogP contribution is -2.33. The summed E-state index contributed by atoms with van der Waals surface area (Å²) in [4.78, 5) is 0.0265. The highest BCUT2D eigenvalue weighted by Crippen LogP contribution is 2.26. The Morgan fingerprint density at radius 1 is 1.44 bits per heavy atom. The van der Waals surface area contributed by atoms with Gasteiger partial charge in [0.1, 0.15) is 10.6 Å². The fraction of sp³-hybridized carbons (Fsp3) is 0.455. The highest BCUT2D eigenvalue weighted by molar-refractivity contribution is 7.89. The van der Waals surface area contributed by atoms with Crippen molar-refractivity contribution in [2.75, 3.05) is 32.5 Å². The standard InChI is InChI=1S/C11H18N2O4S/c1-3-13(6-7-14)18(15,16)11-5-4-9(17-2)8-10(11)12/h4-5,8,14H,3,6-7,12H2,1-2H3. The van der Waals surface area contributed by atoms with Gasteiger partial charge in [0.2, 0.25) is 10.0 Å². The molecule has 1 rings (SSSR count). The molecule has 0 aromatic heterocycles.